The van der Waals surface area contributed by atoms with Crippen molar-refractivity contribution in [1.82, 2.24) is 4.98 Å². The van der Waals surface area contributed by atoms with E-state index in [1.165, 1.54) is 37.7 Å². The Morgan fingerprint density at radius 2 is 1.85 bits per heavy atom. The van der Waals surface area contributed by atoms with E-state index in [2.05, 4.69) is 9.88 Å². The van der Waals surface area contributed by atoms with Crippen molar-refractivity contribution in [2.24, 2.45) is 0 Å². The fourth-order valence-corrected chi connectivity index (χ4v) is 6.67. The van der Waals surface area contributed by atoms with E-state index in [0.29, 0.717) is 43.9 Å². The zero-order chi connectivity index (χ0) is 23.6. The van der Waals surface area contributed by atoms with Gasteiger partial charge in [0.15, 0.2) is 26.5 Å². The van der Waals surface area contributed by atoms with Crippen LogP contribution in [0.15, 0.2) is 46.7 Å². The second-order valence-electron chi connectivity index (χ2n) is 7.79. The lowest BCUT2D eigenvalue weighted by Crippen LogP contribution is -2.39. The van der Waals surface area contributed by atoms with Crippen LogP contribution in [0.5, 0.6) is 11.5 Å². The van der Waals surface area contributed by atoms with Crippen molar-refractivity contribution in [2.75, 3.05) is 32.2 Å². The normalized spacial score (nSPS) is 15.0. The number of hydrogen-bond donors (Lipinski definition) is 0. The van der Waals surface area contributed by atoms with Gasteiger partial charge in [-0.25, -0.2) is 17.8 Å². The average Bonchev–Trinajstić information content (AvgIpc) is 3.29. The Balaban J connectivity index is 1.41. The first-order valence-electron chi connectivity index (χ1n) is 10.4. The molecule has 1 aromatic heterocycles. The summed E-state index contributed by atoms with van der Waals surface area (Å²) in [4.78, 5) is 7.03. The summed E-state index contributed by atoms with van der Waals surface area (Å²) in [5.41, 5.74) is 1.64. The number of piperidine rings is 1. The molecule has 10 heteroatoms. The molecule has 0 radical (unpaired) electrons. The quantitative estimate of drug-likeness (QED) is 0.446. The van der Waals surface area contributed by atoms with Crippen molar-refractivity contribution in [1.29, 1.82) is 0 Å². The number of benzene rings is 2. The maximum absolute atomic E-state index is 13.7. The van der Waals surface area contributed by atoms with Gasteiger partial charge in [0.2, 0.25) is 0 Å². The van der Waals surface area contributed by atoms with Crippen LogP contribution in [0.3, 0.4) is 0 Å². The van der Waals surface area contributed by atoms with Crippen LogP contribution >= 0.6 is 22.9 Å². The molecule has 0 saturated carbocycles. The van der Waals surface area contributed by atoms with Crippen LogP contribution in [-0.4, -0.2) is 46.0 Å². The minimum Gasteiger partial charge on any atom is -0.493 e. The molecule has 1 saturated heterocycles. The van der Waals surface area contributed by atoms with Gasteiger partial charge in [0.05, 0.1) is 35.1 Å². The van der Waals surface area contributed by atoms with Crippen molar-refractivity contribution < 1.29 is 22.3 Å². The molecule has 0 bridgehead atoms. The molecule has 1 fully saturated rings. The van der Waals surface area contributed by atoms with Crippen LogP contribution < -0.4 is 14.4 Å². The van der Waals surface area contributed by atoms with E-state index in [0.717, 1.165) is 16.4 Å². The van der Waals surface area contributed by atoms with Crippen molar-refractivity contribution in [3.63, 3.8) is 0 Å². The van der Waals surface area contributed by atoms with E-state index in [4.69, 9.17) is 21.1 Å². The fourth-order valence-electron chi connectivity index (χ4n) is 3.92. The van der Waals surface area contributed by atoms with E-state index >= 15 is 0 Å². The van der Waals surface area contributed by atoms with Crippen molar-refractivity contribution in [3.8, 4) is 11.5 Å². The number of sulfone groups is 1. The highest BCUT2D eigenvalue weighted by Gasteiger charge is 2.32. The van der Waals surface area contributed by atoms with E-state index in [1.54, 1.807) is 24.3 Å². The minimum absolute atomic E-state index is 0.101. The third kappa shape index (κ3) is 5.10. The maximum Gasteiger partial charge on any atom is 0.185 e. The van der Waals surface area contributed by atoms with Gasteiger partial charge in [-0.05, 0) is 42.7 Å². The monoisotopic (exact) mass is 510 g/mol. The minimum atomic E-state index is -3.49. The van der Waals surface area contributed by atoms with Crippen LogP contribution in [0.2, 0.25) is 5.02 Å². The molecule has 0 spiro atoms. The molecular weight excluding hydrogens is 487 g/mol. The molecular formula is C23H24ClFN2O4S2. The van der Waals surface area contributed by atoms with E-state index in [-0.39, 0.29) is 9.92 Å². The molecule has 176 valence electrons. The fraction of sp³-hybridized carbons (Fsp3) is 0.348. The zero-order valence-electron chi connectivity index (χ0n) is 18.3. The standard InChI is InChI=1S/C23H24ClFN2O4S2/c1-30-21-6-4-18(13-22(21)31-2)33(28,29)17-7-9-27(10-8-17)23-26-16(14-32-23)11-15-3-5-19(24)20(25)12-15/h3-6,12-14,17H,7-11H2,1-2H3. The molecule has 3 aromatic rings. The molecule has 2 heterocycles. The number of anilines is 1. The molecule has 1 aliphatic rings. The van der Waals surface area contributed by atoms with E-state index < -0.39 is 20.9 Å². The largest absolute Gasteiger partial charge is 0.493 e. The van der Waals surface area contributed by atoms with Gasteiger partial charge in [-0.15, -0.1) is 11.3 Å². The van der Waals surface area contributed by atoms with Crippen LogP contribution in [0.1, 0.15) is 24.1 Å². The lowest BCUT2D eigenvalue weighted by atomic mass is 10.1. The summed E-state index contributed by atoms with van der Waals surface area (Å²) in [7, 11) is -0.496. The molecule has 4 rings (SSSR count). The number of halogens is 2. The number of methoxy groups -OCH3 is 2. The average molecular weight is 511 g/mol. The highest BCUT2D eigenvalue weighted by atomic mass is 35.5. The van der Waals surface area contributed by atoms with Gasteiger partial charge in [0.1, 0.15) is 5.82 Å². The highest BCUT2D eigenvalue weighted by Crippen LogP contribution is 2.34. The summed E-state index contributed by atoms with van der Waals surface area (Å²) in [6.07, 6.45) is 1.52. The first-order valence-corrected chi connectivity index (χ1v) is 13.2. The summed E-state index contributed by atoms with van der Waals surface area (Å²) >= 11 is 7.26. The molecule has 0 atom stereocenters. The zero-order valence-corrected chi connectivity index (χ0v) is 20.6. The second-order valence-corrected chi connectivity index (χ2v) is 11.3. The number of hydrogen-bond acceptors (Lipinski definition) is 7. The Bertz CT molecular complexity index is 1240. The molecule has 0 aliphatic carbocycles. The lowest BCUT2D eigenvalue weighted by Gasteiger charge is -2.31. The Morgan fingerprint density at radius 3 is 2.52 bits per heavy atom. The maximum atomic E-state index is 13.7. The first-order chi connectivity index (χ1) is 15.8. The molecule has 1 aliphatic heterocycles. The first kappa shape index (κ1) is 23.8. The third-order valence-corrected chi connectivity index (χ3v) is 9.26. The van der Waals surface area contributed by atoms with Crippen molar-refractivity contribution in [3.05, 3.63) is 63.9 Å². The van der Waals surface area contributed by atoms with Crippen molar-refractivity contribution in [2.45, 2.75) is 29.4 Å². The summed E-state index contributed by atoms with van der Waals surface area (Å²) in [6.45, 7) is 1.19. The number of ether oxygens (including phenoxy) is 2. The number of thiazole rings is 1. The topological polar surface area (TPSA) is 68.7 Å². The molecule has 0 amide bonds. The summed E-state index contributed by atoms with van der Waals surface area (Å²) in [6, 6.07) is 9.46. The predicted octanol–water partition coefficient (Wildman–Crippen LogP) is 4.99. The smallest absolute Gasteiger partial charge is 0.185 e. The summed E-state index contributed by atoms with van der Waals surface area (Å²) < 4.78 is 50.5. The molecule has 2 aromatic carbocycles. The van der Waals surface area contributed by atoms with Crippen LogP contribution in [0.25, 0.3) is 0 Å². The Morgan fingerprint density at radius 1 is 1.12 bits per heavy atom. The third-order valence-electron chi connectivity index (χ3n) is 5.74. The van der Waals surface area contributed by atoms with Gasteiger partial charge in [0, 0.05) is 31.0 Å². The van der Waals surface area contributed by atoms with Crippen LogP contribution in [-0.2, 0) is 16.3 Å². The SMILES string of the molecule is COc1ccc(S(=O)(=O)C2CCN(c3nc(Cc4ccc(Cl)c(F)c4)cs3)CC2)cc1OC. The van der Waals surface area contributed by atoms with Gasteiger partial charge in [-0.1, -0.05) is 17.7 Å². The molecule has 0 N–H and O–H groups in total. The van der Waals surface area contributed by atoms with E-state index in [1.807, 2.05) is 5.38 Å². The number of nitrogens with zero attached hydrogens (tertiary/aromatic N) is 2. The summed E-state index contributed by atoms with van der Waals surface area (Å²) in [5.74, 6) is 0.446. The number of rotatable bonds is 7. The molecule has 33 heavy (non-hydrogen) atoms. The van der Waals surface area contributed by atoms with Crippen LogP contribution in [0, 0.1) is 5.82 Å². The Hall–Kier alpha value is -2.36. The van der Waals surface area contributed by atoms with E-state index in [9.17, 15) is 12.8 Å². The molecule has 0 unspecified atom stereocenters. The van der Waals surface area contributed by atoms with Gasteiger partial charge in [0.25, 0.3) is 0 Å². The Labute approximate surface area is 201 Å². The second kappa shape index (κ2) is 9.87. The molecule has 6 nitrogen and oxygen atoms in total. The van der Waals surface area contributed by atoms with Crippen molar-refractivity contribution >= 4 is 37.9 Å². The lowest BCUT2D eigenvalue weighted by molar-refractivity contribution is 0.354. The van der Waals surface area contributed by atoms with Gasteiger partial charge in [-0.3, -0.25) is 0 Å². The highest BCUT2D eigenvalue weighted by molar-refractivity contribution is 7.92. The summed E-state index contributed by atoms with van der Waals surface area (Å²) in [5, 5.41) is 2.43. The van der Waals surface area contributed by atoms with Crippen LogP contribution in [0.4, 0.5) is 9.52 Å². The van der Waals surface area contributed by atoms with Gasteiger partial charge in [-0.2, -0.15) is 0 Å². The number of aromatic nitrogens is 1. The Kier molecular flexibility index (Phi) is 7.11. The van der Waals surface area contributed by atoms with Gasteiger partial charge < -0.3 is 14.4 Å². The van der Waals surface area contributed by atoms with Gasteiger partial charge >= 0.3 is 0 Å². The predicted molar refractivity (Wildman–Crippen MR) is 128 cm³/mol.